The minimum atomic E-state index is -0.822. The van der Waals surface area contributed by atoms with Crippen LogP contribution in [0.15, 0.2) is 42.7 Å². The smallest absolute Gasteiger partial charge is 0.307 e. The number of carboxylic acid groups (broad SMARTS) is 1. The van der Waals surface area contributed by atoms with Crippen LogP contribution >= 0.6 is 0 Å². The van der Waals surface area contributed by atoms with Crippen molar-refractivity contribution in [3.63, 3.8) is 0 Å². The number of nitrogens with zero attached hydrogens (tertiary/aromatic N) is 2. The Kier molecular flexibility index (Phi) is 3.57. The summed E-state index contributed by atoms with van der Waals surface area (Å²) in [5.41, 5.74) is 2.03. The molecular formula is C14H14N2O2. The third kappa shape index (κ3) is 2.85. The summed E-state index contributed by atoms with van der Waals surface area (Å²) in [7, 11) is 0. The maximum atomic E-state index is 10.4. The standard InChI is InChI=1S/C14H14N2O2/c1-11-15-9-10-16(11)13-7-5-12(6-8-13)3-2-4-14(17)18/h2-3,5-10H,4H2,1H3,(H,17,18)/b3-2+. The maximum absolute atomic E-state index is 10.4. The first-order valence-corrected chi connectivity index (χ1v) is 5.65. The molecule has 1 aromatic heterocycles. The Hall–Kier alpha value is -2.36. The molecule has 0 fully saturated rings. The molecule has 2 rings (SSSR count). The highest BCUT2D eigenvalue weighted by molar-refractivity contribution is 5.70. The van der Waals surface area contributed by atoms with Crippen LogP contribution in [-0.4, -0.2) is 20.6 Å². The fraction of sp³-hybridized carbons (Fsp3) is 0.143. The van der Waals surface area contributed by atoms with Crippen molar-refractivity contribution >= 4 is 12.0 Å². The van der Waals surface area contributed by atoms with Crippen LogP contribution in [0.2, 0.25) is 0 Å². The van der Waals surface area contributed by atoms with Gasteiger partial charge in [0.2, 0.25) is 0 Å². The fourth-order valence-corrected chi connectivity index (χ4v) is 1.69. The summed E-state index contributed by atoms with van der Waals surface area (Å²) in [5, 5.41) is 8.53. The van der Waals surface area contributed by atoms with Gasteiger partial charge in [0.25, 0.3) is 0 Å². The van der Waals surface area contributed by atoms with Gasteiger partial charge in [-0.1, -0.05) is 24.3 Å². The molecule has 0 aliphatic carbocycles. The van der Waals surface area contributed by atoms with E-state index in [0.717, 1.165) is 17.1 Å². The topological polar surface area (TPSA) is 55.1 Å². The summed E-state index contributed by atoms with van der Waals surface area (Å²) in [6.07, 6.45) is 7.15. The van der Waals surface area contributed by atoms with Crippen molar-refractivity contribution in [1.29, 1.82) is 0 Å². The highest BCUT2D eigenvalue weighted by Crippen LogP contribution is 2.12. The summed E-state index contributed by atoms with van der Waals surface area (Å²) < 4.78 is 1.99. The molecule has 0 bridgehead atoms. The molecule has 2 aromatic rings. The van der Waals surface area contributed by atoms with Crippen molar-refractivity contribution in [1.82, 2.24) is 9.55 Å². The number of aryl methyl sites for hydroxylation is 1. The lowest BCUT2D eigenvalue weighted by Crippen LogP contribution is -1.94. The fourth-order valence-electron chi connectivity index (χ4n) is 1.69. The van der Waals surface area contributed by atoms with Gasteiger partial charge in [-0.3, -0.25) is 4.79 Å². The molecule has 1 aromatic carbocycles. The molecule has 4 nitrogen and oxygen atoms in total. The largest absolute Gasteiger partial charge is 0.481 e. The summed E-state index contributed by atoms with van der Waals surface area (Å²) in [6, 6.07) is 7.87. The monoisotopic (exact) mass is 242 g/mol. The SMILES string of the molecule is Cc1nccn1-c1ccc(/C=C/CC(=O)O)cc1. The lowest BCUT2D eigenvalue weighted by atomic mass is 10.2. The van der Waals surface area contributed by atoms with Crippen molar-refractivity contribution in [3.05, 3.63) is 54.1 Å². The van der Waals surface area contributed by atoms with Crippen molar-refractivity contribution in [3.8, 4) is 5.69 Å². The van der Waals surface area contributed by atoms with Crippen LogP contribution in [0, 0.1) is 6.92 Å². The van der Waals surface area contributed by atoms with Gasteiger partial charge in [0.15, 0.2) is 0 Å². The number of hydrogen-bond donors (Lipinski definition) is 1. The molecule has 0 amide bonds. The molecule has 0 saturated carbocycles. The molecule has 0 radical (unpaired) electrons. The third-order valence-electron chi connectivity index (χ3n) is 2.60. The Balaban J connectivity index is 2.13. The van der Waals surface area contributed by atoms with E-state index in [9.17, 15) is 4.79 Å². The number of aromatic nitrogens is 2. The zero-order chi connectivity index (χ0) is 13.0. The Morgan fingerprint density at radius 1 is 1.39 bits per heavy atom. The predicted octanol–water partition coefficient (Wildman–Crippen LogP) is 2.67. The number of rotatable bonds is 4. The highest BCUT2D eigenvalue weighted by Gasteiger charge is 1.99. The Morgan fingerprint density at radius 2 is 2.11 bits per heavy atom. The molecule has 4 heteroatoms. The number of aliphatic carboxylic acids is 1. The normalized spacial score (nSPS) is 10.9. The van der Waals surface area contributed by atoms with E-state index in [1.165, 1.54) is 0 Å². The minimum Gasteiger partial charge on any atom is -0.481 e. The summed E-state index contributed by atoms with van der Waals surface area (Å²) >= 11 is 0. The number of benzene rings is 1. The van der Waals surface area contributed by atoms with Crippen LogP contribution in [-0.2, 0) is 4.79 Å². The van der Waals surface area contributed by atoms with E-state index in [2.05, 4.69) is 4.98 Å². The van der Waals surface area contributed by atoms with Gasteiger partial charge in [-0.15, -0.1) is 0 Å². The average Bonchev–Trinajstić information content (AvgIpc) is 2.76. The van der Waals surface area contributed by atoms with Crippen molar-refractivity contribution < 1.29 is 9.90 Å². The molecule has 0 spiro atoms. The van der Waals surface area contributed by atoms with E-state index in [4.69, 9.17) is 5.11 Å². The van der Waals surface area contributed by atoms with Gasteiger partial charge in [-0.25, -0.2) is 4.98 Å². The quantitative estimate of drug-likeness (QED) is 0.896. The minimum absolute atomic E-state index is 0.0440. The van der Waals surface area contributed by atoms with E-state index in [1.54, 1.807) is 18.3 Å². The number of imidazole rings is 1. The molecule has 1 N–H and O–H groups in total. The van der Waals surface area contributed by atoms with Crippen LogP contribution in [0.25, 0.3) is 11.8 Å². The number of carboxylic acids is 1. The molecule has 0 unspecified atom stereocenters. The van der Waals surface area contributed by atoms with E-state index < -0.39 is 5.97 Å². The third-order valence-corrected chi connectivity index (χ3v) is 2.60. The van der Waals surface area contributed by atoms with Gasteiger partial charge in [-0.05, 0) is 24.6 Å². The lowest BCUT2D eigenvalue weighted by Gasteiger charge is -2.04. The summed E-state index contributed by atoms with van der Waals surface area (Å²) in [6.45, 7) is 1.95. The first kappa shape index (κ1) is 12.1. The number of hydrogen-bond acceptors (Lipinski definition) is 2. The van der Waals surface area contributed by atoms with E-state index in [-0.39, 0.29) is 6.42 Å². The Labute approximate surface area is 105 Å². The number of carbonyl (C=O) groups is 1. The van der Waals surface area contributed by atoms with Gasteiger partial charge < -0.3 is 9.67 Å². The lowest BCUT2D eigenvalue weighted by molar-refractivity contribution is -0.135. The van der Waals surface area contributed by atoms with E-state index in [1.807, 2.05) is 42.0 Å². The second-order valence-corrected chi connectivity index (χ2v) is 3.94. The second-order valence-electron chi connectivity index (χ2n) is 3.94. The van der Waals surface area contributed by atoms with Gasteiger partial charge >= 0.3 is 5.97 Å². The van der Waals surface area contributed by atoms with Gasteiger partial charge in [0, 0.05) is 18.1 Å². The first-order valence-electron chi connectivity index (χ1n) is 5.65. The maximum Gasteiger partial charge on any atom is 0.307 e. The van der Waals surface area contributed by atoms with Crippen LogP contribution in [0.3, 0.4) is 0 Å². The summed E-state index contributed by atoms with van der Waals surface area (Å²) in [4.78, 5) is 14.5. The Bertz CT molecular complexity index is 568. The molecule has 18 heavy (non-hydrogen) atoms. The van der Waals surface area contributed by atoms with Crippen LogP contribution in [0.4, 0.5) is 0 Å². The van der Waals surface area contributed by atoms with Crippen LogP contribution in [0.5, 0.6) is 0 Å². The van der Waals surface area contributed by atoms with E-state index in [0.29, 0.717) is 0 Å². The molecular weight excluding hydrogens is 228 g/mol. The second kappa shape index (κ2) is 5.31. The highest BCUT2D eigenvalue weighted by atomic mass is 16.4. The molecule has 0 aliphatic heterocycles. The first-order chi connectivity index (χ1) is 8.66. The summed E-state index contributed by atoms with van der Waals surface area (Å²) in [5.74, 6) is 0.112. The van der Waals surface area contributed by atoms with Crippen molar-refractivity contribution in [2.75, 3.05) is 0 Å². The van der Waals surface area contributed by atoms with Crippen LogP contribution < -0.4 is 0 Å². The van der Waals surface area contributed by atoms with Crippen molar-refractivity contribution in [2.45, 2.75) is 13.3 Å². The molecule has 92 valence electrons. The van der Waals surface area contributed by atoms with E-state index >= 15 is 0 Å². The average molecular weight is 242 g/mol. The zero-order valence-electron chi connectivity index (χ0n) is 10.1. The zero-order valence-corrected chi connectivity index (χ0v) is 10.1. The van der Waals surface area contributed by atoms with Gasteiger partial charge in [-0.2, -0.15) is 0 Å². The molecule has 0 aliphatic rings. The predicted molar refractivity (Wildman–Crippen MR) is 69.6 cm³/mol. The van der Waals surface area contributed by atoms with Crippen molar-refractivity contribution in [2.24, 2.45) is 0 Å². The molecule has 0 saturated heterocycles. The Morgan fingerprint density at radius 3 is 2.67 bits per heavy atom. The molecule has 1 heterocycles. The van der Waals surface area contributed by atoms with Gasteiger partial charge in [0.1, 0.15) is 5.82 Å². The van der Waals surface area contributed by atoms with Crippen LogP contribution in [0.1, 0.15) is 17.8 Å². The molecule has 0 atom stereocenters. The van der Waals surface area contributed by atoms with Gasteiger partial charge in [0.05, 0.1) is 6.42 Å².